The van der Waals surface area contributed by atoms with Crippen LogP contribution in [0.5, 0.6) is 0 Å². The summed E-state index contributed by atoms with van der Waals surface area (Å²) in [7, 11) is 0. The zero-order valence-corrected chi connectivity index (χ0v) is 17.0. The van der Waals surface area contributed by atoms with Crippen molar-refractivity contribution < 1.29 is 4.79 Å². The minimum Gasteiger partial charge on any atom is -0.350 e. The lowest BCUT2D eigenvalue weighted by Crippen LogP contribution is -2.60. The summed E-state index contributed by atoms with van der Waals surface area (Å²) >= 11 is 1.62. The molecule has 1 aromatic heterocycles. The van der Waals surface area contributed by atoms with Gasteiger partial charge in [0, 0.05) is 17.5 Å². The van der Waals surface area contributed by atoms with Crippen molar-refractivity contribution in [3.63, 3.8) is 0 Å². The number of carbonyl (C=O) groups is 1. The molecule has 1 aromatic rings. The van der Waals surface area contributed by atoms with E-state index in [9.17, 15) is 4.79 Å². The standard InChI is InChI=1S/C21H30N4OS/c1-12(27-20-24-23-18(16-2-3-16)25(20)17-4-5-17)19(26)22-21-9-13-6-14(10-21)8-15(7-13)11-21/h12-17H,2-11H2,1H3,(H,22,26)/t12-,13?,14?,15?,21?/m1/s1. The van der Waals surface area contributed by atoms with E-state index >= 15 is 0 Å². The normalized spacial score (nSPS) is 38.2. The van der Waals surface area contributed by atoms with Crippen LogP contribution in [0.25, 0.3) is 0 Å². The van der Waals surface area contributed by atoms with Gasteiger partial charge in [0.25, 0.3) is 0 Å². The van der Waals surface area contributed by atoms with Crippen LogP contribution in [0.4, 0.5) is 0 Å². The summed E-state index contributed by atoms with van der Waals surface area (Å²) in [5, 5.41) is 13.4. The highest BCUT2D eigenvalue weighted by Gasteiger charge is 2.51. The number of aromatic nitrogens is 3. The van der Waals surface area contributed by atoms with Crippen molar-refractivity contribution in [3.05, 3.63) is 5.82 Å². The fraction of sp³-hybridized carbons (Fsp3) is 0.857. The second-order valence-corrected chi connectivity index (χ2v) is 11.5. The quantitative estimate of drug-likeness (QED) is 0.749. The molecule has 0 radical (unpaired) electrons. The molecule has 4 bridgehead atoms. The van der Waals surface area contributed by atoms with Crippen molar-refractivity contribution in [1.82, 2.24) is 20.1 Å². The van der Waals surface area contributed by atoms with Crippen LogP contribution in [-0.2, 0) is 4.79 Å². The Hall–Kier alpha value is -1.04. The van der Waals surface area contributed by atoms with Crippen LogP contribution in [0, 0.1) is 17.8 Å². The molecule has 1 atom stereocenters. The highest BCUT2D eigenvalue weighted by molar-refractivity contribution is 8.00. The Balaban J connectivity index is 1.16. The highest BCUT2D eigenvalue weighted by Crippen LogP contribution is 2.55. The predicted molar refractivity (Wildman–Crippen MR) is 105 cm³/mol. The minimum absolute atomic E-state index is 0.101. The van der Waals surface area contributed by atoms with Crippen molar-refractivity contribution in [2.75, 3.05) is 0 Å². The van der Waals surface area contributed by atoms with E-state index in [1.165, 1.54) is 70.0 Å². The maximum atomic E-state index is 13.1. The predicted octanol–water partition coefficient (Wildman–Crippen LogP) is 4.06. The molecule has 1 heterocycles. The lowest BCUT2D eigenvalue weighted by Gasteiger charge is -2.57. The Morgan fingerprint density at radius 3 is 2.26 bits per heavy atom. The van der Waals surface area contributed by atoms with E-state index in [1.807, 2.05) is 6.92 Å². The van der Waals surface area contributed by atoms with Gasteiger partial charge in [-0.15, -0.1) is 10.2 Å². The molecular weight excluding hydrogens is 356 g/mol. The van der Waals surface area contributed by atoms with E-state index in [4.69, 9.17) is 0 Å². The van der Waals surface area contributed by atoms with Crippen molar-refractivity contribution in [3.8, 4) is 0 Å². The third-order valence-corrected chi connectivity index (χ3v) is 8.68. The van der Waals surface area contributed by atoms with Gasteiger partial charge in [-0.3, -0.25) is 4.79 Å². The number of nitrogens with one attached hydrogen (secondary N) is 1. The first-order valence-electron chi connectivity index (χ1n) is 11.0. The molecular formula is C21H30N4OS. The largest absolute Gasteiger partial charge is 0.350 e. The zero-order chi connectivity index (χ0) is 18.2. The molecule has 0 aliphatic heterocycles. The molecule has 1 amide bonds. The van der Waals surface area contributed by atoms with Crippen LogP contribution in [0.15, 0.2) is 5.16 Å². The molecule has 6 saturated carbocycles. The summed E-state index contributed by atoms with van der Waals surface area (Å²) in [6, 6.07) is 0.580. The molecule has 6 fully saturated rings. The van der Waals surface area contributed by atoms with Gasteiger partial charge in [0.1, 0.15) is 5.82 Å². The van der Waals surface area contributed by atoms with Gasteiger partial charge >= 0.3 is 0 Å². The van der Waals surface area contributed by atoms with Crippen LogP contribution in [0.1, 0.15) is 88.9 Å². The summed E-state index contributed by atoms with van der Waals surface area (Å²) in [6.45, 7) is 2.04. The Morgan fingerprint density at radius 2 is 1.70 bits per heavy atom. The molecule has 6 heteroatoms. The van der Waals surface area contributed by atoms with Crippen molar-refractivity contribution in [2.24, 2.45) is 17.8 Å². The zero-order valence-electron chi connectivity index (χ0n) is 16.2. The molecule has 146 valence electrons. The van der Waals surface area contributed by atoms with Gasteiger partial charge in [0.2, 0.25) is 5.91 Å². The summed E-state index contributed by atoms with van der Waals surface area (Å²) in [5.74, 6) is 4.58. The SMILES string of the molecule is C[C@@H](Sc1nnc(C2CC2)n1C1CC1)C(=O)NC12CC3CC(CC(C3)C1)C2. The first-order valence-corrected chi connectivity index (χ1v) is 11.9. The lowest BCUT2D eigenvalue weighted by molar-refractivity contribution is -0.126. The lowest BCUT2D eigenvalue weighted by atomic mass is 9.53. The second-order valence-electron chi connectivity index (χ2n) is 10.2. The van der Waals surface area contributed by atoms with Gasteiger partial charge in [-0.2, -0.15) is 0 Å². The summed E-state index contributed by atoms with van der Waals surface area (Å²) in [5.41, 5.74) is 0.101. The van der Waals surface area contributed by atoms with Gasteiger partial charge < -0.3 is 9.88 Å². The van der Waals surface area contributed by atoms with Crippen LogP contribution in [0.2, 0.25) is 0 Å². The monoisotopic (exact) mass is 386 g/mol. The van der Waals surface area contributed by atoms with Crippen LogP contribution in [-0.4, -0.2) is 31.5 Å². The van der Waals surface area contributed by atoms with E-state index in [0.717, 1.165) is 22.9 Å². The molecule has 1 N–H and O–H groups in total. The smallest absolute Gasteiger partial charge is 0.233 e. The summed E-state index contributed by atoms with van der Waals surface area (Å²) in [6.07, 6.45) is 12.8. The highest BCUT2D eigenvalue weighted by atomic mass is 32.2. The summed E-state index contributed by atoms with van der Waals surface area (Å²) in [4.78, 5) is 13.1. The Kier molecular flexibility index (Phi) is 3.74. The van der Waals surface area contributed by atoms with E-state index in [-0.39, 0.29) is 16.7 Å². The topological polar surface area (TPSA) is 59.8 Å². The van der Waals surface area contributed by atoms with Gasteiger partial charge in [0.15, 0.2) is 5.16 Å². The number of hydrogen-bond acceptors (Lipinski definition) is 4. The van der Waals surface area contributed by atoms with E-state index in [2.05, 4.69) is 20.1 Å². The summed E-state index contributed by atoms with van der Waals surface area (Å²) < 4.78 is 2.36. The van der Waals surface area contributed by atoms with E-state index in [0.29, 0.717) is 12.0 Å². The van der Waals surface area contributed by atoms with Crippen LogP contribution < -0.4 is 5.32 Å². The molecule has 5 nitrogen and oxygen atoms in total. The molecule has 27 heavy (non-hydrogen) atoms. The molecule has 0 saturated heterocycles. The van der Waals surface area contributed by atoms with Gasteiger partial charge in [0.05, 0.1) is 5.25 Å². The number of hydrogen-bond donors (Lipinski definition) is 1. The number of rotatable bonds is 6. The average Bonchev–Trinajstić information content (AvgIpc) is 3.52. The van der Waals surface area contributed by atoms with E-state index in [1.54, 1.807) is 11.8 Å². The van der Waals surface area contributed by atoms with Crippen molar-refractivity contribution >= 4 is 17.7 Å². The Labute approximate surface area is 165 Å². The average molecular weight is 387 g/mol. The molecule has 0 spiro atoms. The molecule has 0 unspecified atom stereocenters. The Morgan fingerprint density at radius 1 is 1.07 bits per heavy atom. The maximum Gasteiger partial charge on any atom is 0.233 e. The Bertz CT molecular complexity index is 731. The van der Waals surface area contributed by atoms with Crippen LogP contribution in [0.3, 0.4) is 0 Å². The number of thioether (sulfide) groups is 1. The second kappa shape index (κ2) is 5.98. The number of amides is 1. The first-order chi connectivity index (χ1) is 13.1. The van der Waals surface area contributed by atoms with Gasteiger partial charge in [-0.25, -0.2) is 0 Å². The maximum absolute atomic E-state index is 13.1. The number of nitrogens with zero attached hydrogens (tertiary/aromatic N) is 3. The fourth-order valence-electron chi connectivity index (χ4n) is 6.50. The van der Waals surface area contributed by atoms with Crippen LogP contribution >= 0.6 is 11.8 Å². The van der Waals surface area contributed by atoms with Gasteiger partial charge in [-0.1, -0.05) is 11.8 Å². The molecule has 6 aliphatic carbocycles. The van der Waals surface area contributed by atoms with Crippen molar-refractivity contribution in [2.45, 2.75) is 99.0 Å². The molecule has 6 aliphatic rings. The van der Waals surface area contributed by atoms with Gasteiger partial charge in [-0.05, 0) is 88.9 Å². The third kappa shape index (κ3) is 3.02. The van der Waals surface area contributed by atoms with Crippen molar-refractivity contribution in [1.29, 1.82) is 0 Å². The molecule has 0 aromatic carbocycles. The van der Waals surface area contributed by atoms with E-state index < -0.39 is 0 Å². The first kappa shape index (κ1) is 16.9. The molecule has 7 rings (SSSR count). The third-order valence-electron chi connectivity index (χ3n) is 7.62. The number of carbonyl (C=O) groups excluding carboxylic acids is 1. The minimum atomic E-state index is -0.105. The fourth-order valence-corrected chi connectivity index (χ4v) is 7.43.